The molecule has 1 saturated carbocycles. The zero-order valence-corrected chi connectivity index (χ0v) is 11.4. The average molecular weight is 263 g/mol. The fourth-order valence-electron chi connectivity index (χ4n) is 3.98. The molecule has 3 rings (SSSR count). The van der Waals surface area contributed by atoms with Crippen LogP contribution in [0.5, 0.6) is 0 Å². The van der Waals surface area contributed by atoms with E-state index >= 15 is 0 Å². The summed E-state index contributed by atoms with van der Waals surface area (Å²) in [6, 6.07) is 0.243. The van der Waals surface area contributed by atoms with Crippen LogP contribution in [0.3, 0.4) is 0 Å². The Balaban J connectivity index is 1.84. The highest BCUT2D eigenvalue weighted by Gasteiger charge is 2.57. The number of nitrogens with zero attached hydrogens (tertiary/aromatic N) is 1. The van der Waals surface area contributed by atoms with E-state index in [1.54, 1.807) is 6.08 Å². The molecule has 3 aliphatic rings. The van der Waals surface area contributed by atoms with Crippen LogP contribution < -0.4 is 0 Å². The Morgan fingerprint density at radius 1 is 1.42 bits per heavy atom. The second-order valence-electron chi connectivity index (χ2n) is 5.75. The van der Waals surface area contributed by atoms with E-state index in [9.17, 15) is 9.59 Å². The van der Waals surface area contributed by atoms with Crippen LogP contribution in [0.25, 0.3) is 0 Å². The molecule has 0 N–H and O–H groups in total. The summed E-state index contributed by atoms with van der Waals surface area (Å²) in [6.07, 6.45) is 8.02. The van der Waals surface area contributed by atoms with Crippen LogP contribution in [0.2, 0.25) is 0 Å². The molecule has 0 radical (unpaired) electrons. The molecule has 0 bridgehead atoms. The van der Waals surface area contributed by atoms with Gasteiger partial charge in [-0.2, -0.15) is 0 Å². The molecule has 4 atom stereocenters. The van der Waals surface area contributed by atoms with Gasteiger partial charge in [-0.15, -0.1) is 0 Å². The second-order valence-corrected chi connectivity index (χ2v) is 5.75. The van der Waals surface area contributed by atoms with Crippen LogP contribution in [0.15, 0.2) is 12.2 Å². The minimum absolute atomic E-state index is 0.0325. The van der Waals surface area contributed by atoms with Crippen molar-refractivity contribution in [3.8, 4) is 0 Å². The molecule has 0 aromatic heterocycles. The van der Waals surface area contributed by atoms with Gasteiger partial charge >= 0.3 is 5.97 Å². The molecule has 4 heteroatoms. The van der Waals surface area contributed by atoms with E-state index < -0.39 is 0 Å². The predicted molar refractivity (Wildman–Crippen MR) is 70.2 cm³/mol. The van der Waals surface area contributed by atoms with E-state index in [1.807, 2.05) is 17.9 Å². The molecule has 2 fully saturated rings. The smallest absolute Gasteiger partial charge is 0.309 e. The van der Waals surface area contributed by atoms with Crippen LogP contribution in [-0.2, 0) is 14.3 Å². The zero-order chi connectivity index (χ0) is 13.4. The van der Waals surface area contributed by atoms with Crippen LogP contribution in [0.4, 0.5) is 0 Å². The fraction of sp³-hybridized carbons (Fsp3) is 0.733. The van der Waals surface area contributed by atoms with Crippen LogP contribution >= 0.6 is 0 Å². The van der Waals surface area contributed by atoms with E-state index in [0.717, 1.165) is 32.2 Å². The number of carbonyl (C=O) groups excluding carboxylic acids is 2. The van der Waals surface area contributed by atoms with Gasteiger partial charge in [0, 0.05) is 18.5 Å². The molecule has 0 unspecified atom stereocenters. The van der Waals surface area contributed by atoms with Crippen molar-refractivity contribution in [2.75, 3.05) is 13.2 Å². The second kappa shape index (κ2) is 4.99. The van der Waals surface area contributed by atoms with Crippen molar-refractivity contribution in [1.29, 1.82) is 0 Å². The molecule has 1 aliphatic carbocycles. The lowest BCUT2D eigenvalue weighted by Gasteiger charge is -2.56. The molecule has 0 aromatic carbocycles. The summed E-state index contributed by atoms with van der Waals surface area (Å²) in [5.74, 6) is 0.497. The fourth-order valence-corrected chi connectivity index (χ4v) is 3.98. The predicted octanol–water partition coefficient (Wildman–Crippen LogP) is 1.75. The largest absolute Gasteiger partial charge is 0.466 e. The van der Waals surface area contributed by atoms with Gasteiger partial charge in [0.05, 0.1) is 12.5 Å². The third-order valence-electron chi connectivity index (χ3n) is 4.81. The van der Waals surface area contributed by atoms with Crippen molar-refractivity contribution < 1.29 is 14.3 Å². The van der Waals surface area contributed by atoms with Crippen LogP contribution in [0, 0.1) is 17.8 Å². The number of amides is 1. The molecule has 19 heavy (non-hydrogen) atoms. The zero-order valence-electron chi connectivity index (χ0n) is 11.4. The molecule has 2 heterocycles. The standard InChI is InChI=1S/C15H21NO3/c1-2-19-15(18)13-10-6-4-3-5-9-16-12(17)8-7-11(13)14(10)16/h7-8,10-11,13-14H,2-6,9H2,1H3/t10-,11+,13-,14-/m0/s1. The molecule has 4 nitrogen and oxygen atoms in total. The van der Waals surface area contributed by atoms with Crippen molar-refractivity contribution in [2.45, 2.75) is 38.6 Å². The maximum absolute atomic E-state index is 12.1. The van der Waals surface area contributed by atoms with E-state index in [1.165, 1.54) is 0 Å². The van der Waals surface area contributed by atoms with Crippen LogP contribution in [0.1, 0.15) is 32.6 Å². The number of ether oxygens (including phenoxy) is 1. The Kier molecular flexibility index (Phi) is 3.33. The Morgan fingerprint density at radius 2 is 2.26 bits per heavy atom. The van der Waals surface area contributed by atoms with Gasteiger partial charge < -0.3 is 9.64 Å². The summed E-state index contributed by atoms with van der Waals surface area (Å²) in [5.41, 5.74) is 0. The first-order chi connectivity index (χ1) is 9.24. The summed E-state index contributed by atoms with van der Waals surface area (Å²) in [6.45, 7) is 3.13. The van der Waals surface area contributed by atoms with Gasteiger partial charge in [0.1, 0.15) is 0 Å². The van der Waals surface area contributed by atoms with Crippen molar-refractivity contribution in [3.05, 3.63) is 12.2 Å². The first-order valence-electron chi connectivity index (χ1n) is 7.39. The maximum Gasteiger partial charge on any atom is 0.309 e. The Labute approximate surface area is 113 Å². The summed E-state index contributed by atoms with van der Waals surface area (Å²) < 4.78 is 5.21. The van der Waals surface area contributed by atoms with Gasteiger partial charge in [-0.1, -0.05) is 18.9 Å². The normalized spacial score (nSPS) is 36.9. The monoisotopic (exact) mass is 263 g/mol. The quantitative estimate of drug-likeness (QED) is 0.713. The van der Waals surface area contributed by atoms with Crippen molar-refractivity contribution in [1.82, 2.24) is 4.90 Å². The highest BCUT2D eigenvalue weighted by Crippen LogP contribution is 2.50. The van der Waals surface area contributed by atoms with E-state index in [-0.39, 0.29) is 29.8 Å². The lowest BCUT2D eigenvalue weighted by Crippen LogP contribution is -2.65. The minimum Gasteiger partial charge on any atom is -0.466 e. The molecule has 1 saturated heterocycles. The topological polar surface area (TPSA) is 46.6 Å². The molecule has 104 valence electrons. The molecule has 0 spiro atoms. The maximum atomic E-state index is 12.1. The molecule has 2 aliphatic heterocycles. The number of esters is 1. The first-order valence-corrected chi connectivity index (χ1v) is 7.39. The lowest BCUT2D eigenvalue weighted by molar-refractivity contribution is -0.170. The van der Waals surface area contributed by atoms with E-state index in [2.05, 4.69) is 0 Å². The number of carbonyl (C=O) groups is 2. The first kappa shape index (κ1) is 12.7. The number of hydrogen-bond acceptors (Lipinski definition) is 3. The van der Waals surface area contributed by atoms with Crippen LogP contribution in [-0.4, -0.2) is 36.0 Å². The lowest BCUT2D eigenvalue weighted by atomic mass is 9.57. The van der Waals surface area contributed by atoms with Crippen molar-refractivity contribution >= 4 is 11.9 Å². The Hall–Kier alpha value is -1.32. The third-order valence-corrected chi connectivity index (χ3v) is 4.81. The third kappa shape index (κ3) is 1.97. The van der Waals surface area contributed by atoms with E-state index in [4.69, 9.17) is 4.74 Å². The SMILES string of the molecule is CCOC(=O)[C@@H]1[C@H]2C=CC(=O)N3CCCCC[C@@H]1[C@@H]23. The van der Waals surface area contributed by atoms with Gasteiger partial charge in [-0.05, 0) is 31.8 Å². The minimum atomic E-state index is -0.0757. The number of rotatable bonds is 2. The van der Waals surface area contributed by atoms with Crippen molar-refractivity contribution in [2.24, 2.45) is 17.8 Å². The average Bonchev–Trinajstić information content (AvgIpc) is 2.34. The summed E-state index contributed by atoms with van der Waals surface area (Å²) in [5, 5.41) is 0. The highest BCUT2D eigenvalue weighted by atomic mass is 16.5. The number of hydrogen-bond donors (Lipinski definition) is 0. The Bertz CT molecular complexity index is 418. The molecule has 0 aromatic rings. The summed E-state index contributed by atoms with van der Waals surface area (Å²) in [4.78, 5) is 26.1. The van der Waals surface area contributed by atoms with Gasteiger partial charge in [-0.25, -0.2) is 0 Å². The van der Waals surface area contributed by atoms with Crippen molar-refractivity contribution in [3.63, 3.8) is 0 Å². The van der Waals surface area contributed by atoms with Gasteiger partial charge in [0.15, 0.2) is 0 Å². The Morgan fingerprint density at radius 3 is 3.05 bits per heavy atom. The van der Waals surface area contributed by atoms with E-state index in [0.29, 0.717) is 12.5 Å². The van der Waals surface area contributed by atoms with Gasteiger partial charge in [0.25, 0.3) is 0 Å². The van der Waals surface area contributed by atoms with Gasteiger partial charge in [-0.3, -0.25) is 9.59 Å². The van der Waals surface area contributed by atoms with Gasteiger partial charge in [0.2, 0.25) is 5.91 Å². The summed E-state index contributed by atoms with van der Waals surface area (Å²) >= 11 is 0. The highest BCUT2D eigenvalue weighted by molar-refractivity contribution is 5.90. The summed E-state index contributed by atoms with van der Waals surface area (Å²) in [7, 11) is 0. The molecular formula is C15H21NO3. The molecular weight excluding hydrogens is 242 g/mol. The molecule has 1 amide bonds.